The predicted molar refractivity (Wildman–Crippen MR) is 71.9 cm³/mol. The van der Waals surface area contributed by atoms with Crippen LogP contribution in [0.5, 0.6) is 5.75 Å². The van der Waals surface area contributed by atoms with Gasteiger partial charge in [0.05, 0.1) is 7.11 Å². The number of rotatable bonds is 3. The number of likely N-dealkylation sites (N-methyl/N-ethyl adjacent to an activating group) is 1. The van der Waals surface area contributed by atoms with Crippen molar-refractivity contribution in [3.63, 3.8) is 0 Å². The quantitative estimate of drug-likeness (QED) is 0.869. The Hall–Kier alpha value is -1.22. The Morgan fingerprint density at radius 3 is 2.88 bits per heavy atom. The van der Waals surface area contributed by atoms with E-state index >= 15 is 0 Å². The molecule has 2 rings (SSSR count). The molecular weight excluding hydrogens is 212 g/mol. The molecule has 3 heteroatoms. The van der Waals surface area contributed by atoms with Crippen LogP contribution in [0.25, 0.3) is 0 Å². The zero-order valence-electron chi connectivity index (χ0n) is 11.0. The minimum absolute atomic E-state index is 0.571. The van der Waals surface area contributed by atoms with Gasteiger partial charge in [-0.15, -0.1) is 0 Å². The molecule has 1 aliphatic heterocycles. The van der Waals surface area contributed by atoms with Crippen LogP contribution in [0.15, 0.2) is 18.2 Å². The van der Waals surface area contributed by atoms with E-state index in [1.807, 2.05) is 6.07 Å². The molecule has 1 unspecified atom stereocenters. The third-order valence-electron chi connectivity index (χ3n) is 3.39. The average molecular weight is 234 g/mol. The van der Waals surface area contributed by atoms with Gasteiger partial charge in [0, 0.05) is 18.3 Å². The van der Waals surface area contributed by atoms with E-state index in [1.165, 1.54) is 30.6 Å². The normalized spacial score (nSPS) is 21.2. The summed E-state index contributed by atoms with van der Waals surface area (Å²) < 4.78 is 5.27. The molecule has 1 aromatic rings. The van der Waals surface area contributed by atoms with E-state index in [1.54, 1.807) is 7.11 Å². The van der Waals surface area contributed by atoms with E-state index in [-0.39, 0.29) is 0 Å². The van der Waals surface area contributed by atoms with Crippen LogP contribution >= 0.6 is 0 Å². The number of anilines is 1. The van der Waals surface area contributed by atoms with Crippen molar-refractivity contribution in [3.8, 4) is 5.75 Å². The van der Waals surface area contributed by atoms with Crippen LogP contribution < -0.4 is 10.1 Å². The van der Waals surface area contributed by atoms with Gasteiger partial charge >= 0.3 is 0 Å². The summed E-state index contributed by atoms with van der Waals surface area (Å²) in [4.78, 5) is 2.39. The van der Waals surface area contributed by atoms with E-state index in [9.17, 15) is 0 Å². The lowest BCUT2D eigenvalue weighted by Crippen LogP contribution is -2.39. The van der Waals surface area contributed by atoms with Gasteiger partial charge in [0.15, 0.2) is 0 Å². The van der Waals surface area contributed by atoms with Crippen molar-refractivity contribution in [1.29, 1.82) is 0 Å². The third kappa shape index (κ3) is 3.13. The number of hydrogen-bond donors (Lipinski definition) is 1. The number of piperidine rings is 1. The Kier molecular flexibility index (Phi) is 3.89. The van der Waals surface area contributed by atoms with Crippen molar-refractivity contribution in [3.05, 3.63) is 23.8 Å². The van der Waals surface area contributed by atoms with E-state index in [4.69, 9.17) is 4.74 Å². The van der Waals surface area contributed by atoms with Crippen molar-refractivity contribution in [2.75, 3.05) is 32.6 Å². The summed E-state index contributed by atoms with van der Waals surface area (Å²) in [6.07, 6.45) is 2.54. The molecule has 1 fully saturated rings. The summed E-state index contributed by atoms with van der Waals surface area (Å²) in [6, 6.07) is 6.86. The smallest absolute Gasteiger partial charge is 0.121 e. The standard InChI is InChI=1S/C14H22N2O/c1-11-9-12(6-7-14(11)17-3)15-13-5-4-8-16(2)10-13/h6-7,9,13,15H,4-5,8,10H2,1-3H3. The molecule has 17 heavy (non-hydrogen) atoms. The Labute approximate surface area is 104 Å². The third-order valence-corrected chi connectivity index (χ3v) is 3.39. The van der Waals surface area contributed by atoms with Gasteiger partial charge in [0.25, 0.3) is 0 Å². The Morgan fingerprint density at radius 1 is 1.41 bits per heavy atom. The first-order valence-corrected chi connectivity index (χ1v) is 6.29. The molecule has 94 valence electrons. The number of benzene rings is 1. The van der Waals surface area contributed by atoms with Crippen LogP contribution in [0.4, 0.5) is 5.69 Å². The summed E-state index contributed by atoms with van der Waals surface area (Å²) in [6.45, 7) is 4.43. The second kappa shape index (κ2) is 5.41. The second-order valence-corrected chi connectivity index (χ2v) is 4.93. The van der Waals surface area contributed by atoms with Gasteiger partial charge in [0.1, 0.15) is 5.75 Å². The Morgan fingerprint density at radius 2 is 2.24 bits per heavy atom. The van der Waals surface area contributed by atoms with Gasteiger partial charge < -0.3 is 15.0 Å². The molecule has 1 aromatic carbocycles. The zero-order chi connectivity index (χ0) is 12.3. The molecule has 0 aromatic heterocycles. The predicted octanol–water partition coefficient (Wildman–Crippen LogP) is 2.51. The highest BCUT2D eigenvalue weighted by Gasteiger charge is 2.16. The molecule has 0 radical (unpaired) electrons. The highest BCUT2D eigenvalue weighted by atomic mass is 16.5. The fourth-order valence-corrected chi connectivity index (χ4v) is 2.49. The first-order chi connectivity index (χ1) is 8.19. The van der Waals surface area contributed by atoms with Gasteiger partial charge in [0.2, 0.25) is 0 Å². The molecule has 0 spiro atoms. The van der Waals surface area contributed by atoms with Gasteiger partial charge in [-0.3, -0.25) is 0 Å². The maximum Gasteiger partial charge on any atom is 0.121 e. The number of hydrogen-bond acceptors (Lipinski definition) is 3. The summed E-state index contributed by atoms with van der Waals surface area (Å²) >= 11 is 0. The highest BCUT2D eigenvalue weighted by Crippen LogP contribution is 2.23. The van der Waals surface area contributed by atoms with Gasteiger partial charge in [-0.2, -0.15) is 0 Å². The molecule has 0 aliphatic carbocycles. The molecule has 1 N–H and O–H groups in total. The topological polar surface area (TPSA) is 24.5 Å². The highest BCUT2D eigenvalue weighted by molar-refractivity contribution is 5.51. The minimum atomic E-state index is 0.571. The molecular formula is C14H22N2O. The fourth-order valence-electron chi connectivity index (χ4n) is 2.49. The maximum atomic E-state index is 5.27. The zero-order valence-corrected chi connectivity index (χ0v) is 11.0. The molecule has 0 bridgehead atoms. The molecule has 1 heterocycles. The number of nitrogens with zero attached hydrogens (tertiary/aromatic N) is 1. The first kappa shape index (κ1) is 12.2. The SMILES string of the molecule is COc1ccc(NC2CCCN(C)C2)cc1C. The number of aryl methyl sites for hydroxylation is 1. The van der Waals surface area contributed by atoms with Crippen LogP contribution in [-0.4, -0.2) is 38.2 Å². The fraction of sp³-hybridized carbons (Fsp3) is 0.571. The molecule has 3 nitrogen and oxygen atoms in total. The van der Waals surface area contributed by atoms with Crippen molar-refractivity contribution in [2.24, 2.45) is 0 Å². The minimum Gasteiger partial charge on any atom is -0.496 e. The molecule has 0 saturated carbocycles. The van der Waals surface area contributed by atoms with Crippen LogP contribution in [-0.2, 0) is 0 Å². The molecule has 1 aliphatic rings. The van der Waals surface area contributed by atoms with E-state index in [0.717, 1.165) is 12.3 Å². The van der Waals surface area contributed by atoms with Crippen LogP contribution in [0.2, 0.25) is 0 Å². The van der Waals surface area contributed by atoms with E-state index < -0.39 is 0 Å². The summed E-state index contributed by atoms with van der Waals surface area (Å²) in [7, 11) is 3.90. The Bertz CT molecular complexity index is 378. The number of ether oxygens (including phenoxy) is 1. The van der Waals surface area contributed by atoms with Crippen molar-refractivity contribution >= 4 is 5.69 Å². The van der Waals surface area contributed by atoms with Gasteiger partial charge in [-0.05, 0) is 57.1 Å². The van der Waals surface area contributed by atoms with Crippen molar-refractivity contribution < 1.29 is 4.74 Å². The van der Waals surface area contributed by atoms with Gasteiger partial charge in [-0.25, -0.2) is 0 Å². The molecule has 0 amide bonds. The average Bonchev–Trinajstić information content (AvgIpc) is 2.29. The molecule has 1 atom stereocenters. The number of likely N-dealkylation sites (tertiary alicyclic amines) is 1. The van der Waals surface area contributed by atoms with Crippen molar-refractivity contribution in [2.45, 2.75) is 25.8 Å². The summed E-state index contributed by atoms with van der Waals surface area (Å²) in [5, 5.41) is 3.61. The summed E-state index contributed by atoms with van der Waals surface area (Å²) in [5.74, 6) is 0.955. The summed E-state index contributed by atoms with van der Waals surface area (Å²) in [5.41, 5.74) is 2.38. The lowest BCUT2D eigenvalue weighted by atomic mass is 10.1. The van der Waals surface area contributed by atoms with Gasteiger partial charge in [-0.1, -0.05) is 0 Å². The lowest BCUT2D eigenvalue weighted by molar-refractivity contribution is 0.261. The Balaban J connectivity index is 2.00. The number of nitrogens with one attached hydrogen (secondary N) is 1. The van der Waals surface area contributed by atoms with Crippen LogP contribution in [0.3, 0.4) is 0 Å². The number of methoxy groups -OCH3 is 1. The second-order valence-electron chi connectivity index (χ2n) is 4.93. The van der Waals surface area contributed by atoms with Crippen molar-refractivity contribution in [1.82, 2.24) is 4.90 Å². The van der Waals surface area contributed by atoms with Crippen LogP contribution in [0.1, 0.15) is 18.4 Å². The monoisotopic (exact) mass is 234 g/mol. The van der Waals surface area contributed by atoms with E-state index in [0.29, 0.717) is 6.04 Å². The first-order valence-electron chi connectivity index (χ1n) is 6.29. The van der Waals surface area contributed by atoms with E-state index in [2.05, 4.69) is 36.3 Å². The molecule has 1 saturated heterocycles. The maximum absolute atomic E-state index is 5.27. The lowest BCUT2D eigenvalue weighted by Gasteiger charge is -2.31. The largest absolute Gasteiger partial charge is 0.496 e. The van der Waals surface area contributed by atoms with Crippen LogP contribution in [0, 0.1) is 6.92 Å².